The van der Waals surface area contributed by atoms with Crippen molar-refractivity contribution in [3.05, 3.63) is 65.2 Å². The molecule has 0 saturated carbocycles. The van der Waals surface area contributed by atoms with Gasteiger partial charge in [0.15, 0.2) is 5.78 Å². The Morgan fingerprint density at radius 3 is 1.89 bits per heavy atom. The van der Waals surface area contributed by atoms with Crippen molar-refractivity contribution in [1.82, 2.24) is 0 Å². The maximum atomic E-state index is 11.5. The molecule has 7 nitrogen and oxygen atoms in total. The molecule has 2 rings (SSSR count). The van der Waals surface area contributed by atoms with Crippen molar-refractivity contribution in [3.8, 4) is 23.7 Å². The number of hydrogen-bond acceptors (Lipinski definition) is 6. The van der Waals surface area contributed by atoms with Gasteiger partial charge in [-0.25, -0.2) is 4.79 Å². The predicted molar refractivity (Wildman–Crippen MR) is 138 cm³/mol. The van der Waals surface area contributed by atoms with Gasteiger partial charge in [-0.15, -0.1) is 0 Å². The normalized spacial score (nSPS) is 11.9. The number of carbonyl (C=O) groups excluding carboxylic acids is 1. The molecule has 0 heterocycles. The van der Waals surface area contributed by atoms with Gasteiger partial charge >= 0.3 is 5.97 Å². The second-order valence-electron chi connectivity index (χ2n) is 8.57. The number of Topliss-reactive ketones (excluding diaryl/α,β-unsaturated/α-hetero) is 1. The minimum atomic E-state index is -0.951. The molecule has 35 heavy (non-hydrogen) atoms. The van der Waals surface area contributed by atoms with Crippen LogP contribution >= 0.6 is 0 Å². The van der Waals surface area contributed by atoms with Crippen LogP contribution in [0.1, 0.15) is 56.1 Å². The molecular weight excluding hydrogens is 444 g/mol. The molecule has 0 radical (unpaired) electrons. The Hall–Kier alpha value is -3.62. The minimum absolute atomic E-state index is 0.0650. The Morgan fingerprint density at radius 1 is 0.971 bits per heavy atom. The van der Waals surface area contributed by atoms with Crippen LogP contribution in [0.5, 0.6) is 0 Å². The van der Waals surface area contributed by atoms with Crippen molar-refractivity contribution in [2.75, 3.05) is 18.9 Å². The second kappa shape index (κ2) is 14.6. The van der Waals surface area contributed by atoms with E-state index in [9.17, 15) is 9.59 Å². The fourth-order valence-electron chi connectivity index (χ4n) is 2.66. The largest absolute Gasteiger partial charge is 0.478 e. The summed E-state index contributed by atoms with van der Waals surface area (Å²) in [4.78, 5) is 22.2. The SMILES string of the molecule is CCOCC(=O)C(N)[C@@H](C)OC(C)(C)C.Nc1ccc(C#CC#Cc2ccc(C(=O)O)cc2)cc1. The van der Waals surface area contributed by atoms with E-state index in [1.165, 1.54) is 12.1 Å². The molecule has 0 aromatic heterocycles. The molecule has 1 unspecified atom stereocenters. The van der Waals surface area contributed by atoms with Crippen LogP contribution < -0.4 is 11.5 Å². The molecule has 186 valence electrons. The van der Waals surface area contributed by atoms with Crippen LogP contribution in [0, 0.1) is 23.7 Å². The maximum absolute atomic E-state index is 11.5. The summed E-state index contributed by atoms with van der Waals surface area (Å²) in [6, 6.07) is 12.9. The number of ether oxygens (including phenoxy) is 2. The van der Waals surface area contributed by atoms with Gasteiger partial charge in [-0.3, -0.25) is 4.79 Å². The van der Waals surface area contributed by atoms with Crippen molar-refractivity contribution in [3.63, 3.8) is 0 Å². The van der Waals surface area contributed by atoms with Gasteiger partial charge in [-0.1, -0.05) is 11.8 Å². The summed E-state index contributed by atoms with van der Waals surface area (Å²) in [7, 11) is 0. The monoisotopic (exact) mass is 478 g/mol. The first-order valence-corrected chi connectivity index (χ1v) is 11.2. The summed E-state index contributed by atoms with van der Waals surface area (Å²) < 4.78 is 10.6. The van der Waals surface area contributed by atoms with Crippen LogP contribution in [0.4, 0.5) is 5.69 Å². The van der Waals surface area contributed by atoms with E-state index in [1.807, 2.05) is 39.8 Å². The number of carbonyl (C=O) groups is 2. The van der Waals surface area contributed by atoms with Crippen LogP contribution in [0.25, 0.3) is 0 Å². The number of anilines is 1. The number of aromatic carboxylic acids is 1. The average Bonchev–Trinajstić information content (AvgIpc) is 2.80. The molecule has 0 fully saturated rings. The van der Waals surface area contributed by atoms with E-state index in [-0.39, 0.29) is 29.7 Å². The number of rotatable bonds is 7. The van der Waals surface area contributed by atoms with E-state index in [0.29, 0.717) is 12.3 Å². The summed E-state index contributed by atoms with van der Waals surface area (Å²) >= 11 is 0. The highest BCUT2D eigenvalue weighted by Crippen LogP contribution is 2.12. The molecule has 2 atom stereocenters. The molecule has 0 bridgehead atoms. The number of nitrogen functional groups attached to an aromatic ring is 1. The lowest BCUT2D eigenvalue weighted by atomic mass is 10.1. The summed E-state index contributed by atoms with van der Waals surface area (Å²) in [5, 5.41) is 8.77. The number of hydrogen-bond donors (Lipinski definition) is 3. The van der Waals surface area contributed by atoms with Gasteiger partial charge in [0.05, 0.1) is 23.3 Å². The average molecular weight is 479 g/mol. The van der Waals surface area contributed by atoms with Crippen LogP contribution in [0.3, 0.4) is 0 Å². The van der Waals surface area contributed by atoms with Crippen molar-refractivity contribution >= 4 is 17.4 Å². The second-order valence-corrected chi connectivity index (χ2v) is 8.57. The van der Waals surface area contributed by atoms with Gasteiger partial charge in [-0.2, -0.15) is 0 Å². The lowest BCUT2D eigenvalue weighted by molar-refractivity contribution is -0.131. The molecule has 0 spiro atoms. The zero-order chi connectivity index (χ0) is 26.4. The Bertz CT molecular complexity index is 1080. The lowest BCUT2D eigenvalue weighted by Gasteiger charge is -2.28. The van der Waals surface area contributed by atoms with Gasteiger partial charge < -0.3 is 26.0 Å². The minimum Gasteiger partial charge on any atom is -0.478 e. The van der Waals surface area contributed by atoms with Crippen molar-refractivity contribution < 1.29 is 24.2 Å². The van der Waals surface area contributed by atoms with E-state index in [2.05, 4.69) is 23.7 Å². The van der Waals surface area contributed by atoms with Crippen molar-refractivity contribution in [1.29, 1.82) is 0 Å². The summed E-state index contributed by atoms with van der Waals surface area (Å²) in [5.41, 5.74) is 13.5. The highest BCUT2D eigenvalue weighted by molar-refractivity contribution is 5.87. The molecule has 0 aliphatic heterocycles. The quantitative estimate of drug-likeness (QED) is 0.411. The summed E-state index contributed by atoms with van der Waals surface area (Å²) in [6.45, 7) is 10.0. The molecule has 0 aliphatic rings. The molecule has 2 aromatic carbocycles. The molecular formula is C28H34N2O5. The Kier molecular flexibility index (Phi) is 12.3. The molecule has 2 aromatic rings. The smallest absolute Gasteiger partial charge is 0.335 e. The van der Waals surface area contributed by atoms with Crippen LogP contribution in [0.15, 0.2) is 48.5 Å². The van der Waals surface area contributed by atoms with Crippen LogP contribution in [-0.2, 0) is 14.3 Å². The Balaban J connectivity index is 0.000000367. The topological polar surface area (TPSA) is 125 Å². The molecule has 0 aliphatic carbocycles. The maximum Gasteiger partial charge on any atom is 0.335 e. The third kappa shape index (κ3) is 12.4. The van der Waals surface area contributed by atoms with Gasteiger partial charge in [0, 0.05) is 23.4 Å². The summed E-state index contributed by atoms with van der Waals surface area (Å²) in [6.07, 6.45) is -0.294. The first-order valence-electron chi connectivity index (χ1n) is 11.2. The first-order chi connectivity index (χ1) is 16.4. The van der Waals surface area contributed by atoms with Crippen LogP contribution in [-0.4, -0.2) is 47.8 Å². The van der Waals surface area contributed by atoms with Gasteiger partial charge in [0.1, 0.15) is 6.61 Å². The van der Waals surface area contributed by atoms with E-state index < -0.39 is 12.0 Å². The molecule has 0 saturated heterocycles. The zero-order valence-electron chi connectivity index (χ0n) is 20.9. The van der Waals surface area contributed by atoms with Crippen molar-refractivity contribution in [2.45, 2.75) is 52.4 Å². The molecule has 0 amide bonds. The van der Waals surface area contributed by atoms with Gasteiger partial charge in [0.2, 0.25) is 0 Å². The number of carboxylic acid groups (broad SMARTS) is 1. The molecule has 5 N–H and O–H groups in total. The highest BCUT2D eigenvalue weighted by Gasteiger charge is 2.25. The van der Waals surface area contributed by atoms with Gasteiger partial charge in [-0.05, 0) is 95.0 Å². The molecule has 7 heteroatoms. The number of ketones is 1. The third-order valence-corrected chi connectivity index (χ3v) is 4.38. The van der Waals surface area contributed by atoms with Crippen molar-refractivity contribution in [2.24, 2.45) is 5.73 Å². The first kappa shape index (κ1) is 29.4. The number of nitrogens with two attached hydrogens (primary N) is 2. The lowest BCUT2D eigenvalue weighted by Crippen LogP contribution is -2.46. The Labute approximate surface area is 207 Å². The highest BCUT2D eigenvalue weighted by atomic mass is 16.5. The van der Waals surface area contributed by atoms with Gasteiger partial charge in [0.25, 0.3) is 0 Å². The predicted octanol–water partition coefficient (Wildman–Crippen LogP) is 3.49. The Morgan fingerprint density at radius 2 is 1.46 bits per heavy atom. The van der Waals surface area contributed by atoms with E-state index >= 15 is 0 Å². The number of benzene rings is 2. The standard InChI is InChI=1S/C17H11NO2.C11H23NO3/c18-16-11-7-14(8-12-16)4-2-1-3-13-5-9-15(10-6-13)17(19)20;1-6-14-7-9(13)10(12)8(2)15-11(3,4)5/h5-12H,18H2,(H,19,20);8,10H,6-7,12H2,1-5H3/t;8-,10?/m.1/s1. The zero-order valence-corrected chi connectivity index (χ0v) is 20.9. The fourth-order valence-corrected chi connectivity index (χ4v) is 2.66. The van der Waals surface area contributed by atoms with E-state index in [1.54, 1.807) is 31.2 Å². The summed E-state index contributed by atoms with van der Waals surface area (Å²) in [5.74, 6) is 10.1. The van der Waals surface area contributed by atoms with E-state index in [0.717, 1.165) is 11.1 Å². The van der Waals surface area contributed by atoms with Crippen LogP contribution in [0.2, 0.25) is 0 Å². The van der Waals surface area contributed by atoms with E-state index in [4.69, 9.17) is 26.0 Å². The third-order valence-electron chi connectivity index (χ3n) is 4.38. The number of carboxylic acids is 1. The fraction of sp³-hybridized carbons (Fsp3) is 0.357.